The fourth-order valence-corrected chi connectivity index (χ4v) is 1.76. The van der Waals surface area contributed by atoms with E-state index in [1.165, 1.54) is 0 Å². The fraction of sp³-hybridized carbons (Fsp3) is 0.778. The number of hydrogen-bond acceptors (Lipinski definition) is 3. The molecule has 1 aliphatic rings. The minimum absolute atomic E-state index is 0.0551. The Balaban J connectivity index is 2.61. The molecule has 0 aromatic rings. The van der Waals surface area contributed by atoms with Crippen LogP contribution in [0.1, 0.15) is 19.8 Å². The molecule has 0 spiro atoms. The van der Waals surface area contributed by atoms with Gasteiger partial charge in [0.1, 0.15) is 0 Å². The second kappa shape index (κ2) is 4.83. The molecule has 1 unspecified atom stereocenters. The molecule has 1 rings (SSSR count). The van der Waals surface area contributed by atoms with Crippen molar-refractivity contribution in [3.05, 3.63) is 0 Å². The van der Waals surface area contributed by atoms with Crippen molar-refractivity contribution < 1.29 is 10.0 Å². The van der Waals surface area contributed by atoms with Crippen LogP contribution in [-0.4, -0.2) is 42.0 Å². The smallest absolute Gasteiger partial charge is 0.317 e. The Morgan fingerprint density at radius 3 is 3.00 bits per heavy atom. The molecule has 0 saturated carbocycles. The molecule has 0 aromatic carbocycles. The number of piperidine rings is 1. The number of nitrogens with one attached hydrogen (secondary N) is 1. The van der Waals surface area contributed by atoms with Gasteiger partial charge in [-0.15, -0.1) is 0 Å². The predicted octanol–water partition coefficient (Wildman–Crippen LogP) is 0.888. The van der Waals surface area contributed by atoms with E-state index in [4.69, 9.17) is 5.21 Å². The maximum atomic E-state index is 11.3. The van der Waals surface area contributed by atoms with Gasteiger partial charge in [-0.25, -0.2) is 4.79 Å². The first-order valence-corrected chi connectivity index (χ1v) is 4.90. The fourth-order valence-electron chi connectivity index (χ4n) is 1.76. The summed E-state index contributed by atoms with van der Waals surface area (Å²) in [6.45, 7) is 3.31. The number of carbonyl (C=O) groups is 1. The lowest BCUT2D eigenvalue weighted by Crippen LogP contribution is -2.47. The average molecular weight is 199 g/mol. The summed E-state index contributed by atoms with van der Waals surface area (Å²) in [4.78, 5) is 13.1. The average Bonchev–Trinajstić information content (AvgIpc) is 2.26. The maximum absolute atomic E-state index is 11.3. The van der Waals surface area contributed by atoms with Gasteiger partial charge in [0.2, 0.25) is 0 Å². The third kappa shape index (κ3) is 2.16. The highest BCUT2D eigenvalue weighted by molar-refractivity contribution is 5.89. The monoisotopic (exact) mass is 199 g/mol. The first kappa shape index (κ1) is 10.8. The van der Waals surface area contributed by atoms with Crippen LogP contribution in [0.5, 0.6) is 0 Å². The van der Waals surface area contributed by atoms with Crippen LogP contribution in [0.2, 0.25) is 0 Å². The third-order valence-corrected chi connectivity index (χ3v) is 2.67. The standard InChI is InChI=1S/C9H17N3O2/c1-3-7-6-12(9(13)10-2)5-4-8(7)11-14/h7,14H,3-6H2,1-2H3,(H,10,13). The summed E-state index contributed by atoms with van der Waals surface area (Å²) in [5.41, 5.74) is 0.813. The maximum Gasteiger partial charge on any atom is 0.317 e. The van der Waals surface area contributed by atoms with Crippen molar-refractivity contribution in [2.75, 3.05) is 20.1 Å². The van der Waals surface area contributed by atoms with E-state index in [1.807, 2.05) is 6.92 Å². The number of urea groups is 1. The van der Waals surface area contributed by atoms with Crippen molar-refractivity contribution in [2.24, 2.45) is 11.1 Å². The summed E-state index contributed by atoms with van der Waals surface area (Å²) < 4.78 is 0. The Kier molecular flexibility index (Phi) is 3.73. The van der Waals surface area contributed by atoms with Crippen LogP contribution in [0.15, 0.2) is 5.16 Å². The predicted molar refractivity (Wildman–Crippen MR) is 53.6 cm³/mol. The van der Waals surface area contributed by atoms with Crippen molar-refractivity contribution >= 4 is 11.7 Å². The minimum Gasteiger partial charge on any atom is -0.411 e. The Morgan fingerprint density at radius 2 is 2.50 bits per heavy atom. The number of carbonyl (C=O) groups excluding carboxylic acids is 1. The normalized spacial score (nSPS) is 25.1. The van der Waals surface area contributed by atoms with E-state index < -0.39 is 0 Å². The van der Waals surface area contributed by atoms with Crippen molar-refractivity contribution in [1.82, 2.24) is 10.2 Å². The summed E-state index contributed by atoms with van der Waals surface area (Å²) in [5.74, 6) is 0.200. The minimum atomic E-state index is -0.0551. The Labute approximate surface area is 83.8 Å². The van der Waals surface area contributed by atoms with Gasteiger partial charge in [-0.2, -0.15) is 0 Å². The molecule has 1 aliphatic heterocycles. The Bertz CT molecular complexity index is 240. The summed E-state index contributed by atoms with van der Waals surface area (Å²) in [5, 5.41) is 14.6. The third-order valence-electron chi connectivity index (χ3n) is 2.67. The van der Waals surface area contributed by atoms with Crippen LogP contribution < -0.4 is 5.32 Å². The van der Waals surface area contributed by atoms with Crippen LogP contribution >= 0.6 is 0 Å². The highest BCUT2D eigenvalue weighted by Crippen LogP contribution is 2.17. The zero-order valence-electron chi connectivity index (χ0n) is 8.66. The van der Waals surface area contributed by atoms with Gasteiger partial charge in [-0.05, 0) is 6.42 Å². The van der Waals surface area contributed by atoms with Gasteiger partial charge in [-0.1, -0.05) is 12.1 Å². The van der Waals surface area contributed by atoms with Crippen molar-refractivity contribution in [2.45, 2.75) is 19.8 Å². The van der Waals surface area contributed by atoms with Gasteiger partial charge < -0.3 is 15.4 Å². The Hall–Kier alpha value is -1.26. The molecule has 1 heterocycles. The molecule has 0 radical (unpaired) electrons. The Morgan fingerprint density at radius 1 is 1.79 bits per heavy atom. The number of amides is 2. The molecule has 2 amide bonds. The highest BCUT2D eigenvalue weighted by atomic mass is 16.4. The lowest BCUT2D eigenvalue weighted by Gasteiger charge is -2.32. The molecule has 80 valence electrons. The van der Waals surface area contributed by atoms with E-state index >= 15 is 0 Å². The summed E-state index contributed by atoms with van der Waals surface area (Å²) in [6.07, 6.45) is 1.56. The van der Waals surface area contributed by atoms with Crippen LogP contribution in [0, 0.1) is 5.92 Å². The summed E-state index contributed by atoms with van der Waals surface area (Å²) in [6, 6.07) is -0.0551. The number of oxime groups is 1. The highest BCUT2D eigenvalue weighted by Gasteiger charge is 2.26. The van der Waals surface area contributed by atoms with Crippen LogP contribution in [-0.2, 0) is 0 Å². The quantitative estimate of drug-likeness (QED) is 0.486. The van der Waals surface area contributed by atoms with Gasteiger partial charge in [-0.3, -0.25) is 0 Å². The van der Waals surface area contributed by atoms with E-state index in [0.29, 0.717) is 19.5 Å². The van der Waals surface area contributed by atoms with Crippen LogP contribution in [0.4, 0.5) is 4.79 Å². The molecule has 0 bridgehead atoms. The molecule has 5 nitrogen and oxygen atoms in total. The number of nitrogens with zero attached hydrogens (tertiary/aromatic N) is 2. The molecule has 14 heavy (non-hydrogen) atoms. The lowest BCUT2D eigenvalue weighted by atomic mass is 9.93. The molecule has 1 atom stereocenters. The summed E-state index contributed by atoms with van der Waals surface area (Å²) >= 11 is 0. The molecule has 1 fully saturated rings. The molecule has 0 aliphatic carbocycles. The van der Waals surface area contributed by atoms with E-state index in [2.05, 4.69) is 10.5 Å². The molecular weight excluding hydrogens is 182 g/mol. The topological polar surface area (TPSA) is 64.9 Å². The number of hydrogen-bond donors (Lipinski definition) is 2. The van der Waals surface area contributed by atoms with Crippen molar-refractivity contribution in [3.63, 3.8) is 0 Å². The molecule has 2 N–H and O–H groups in total. The zero-order valence-corrected chi connectivity index (χ0v) is 8.66. The van der Waals surface area contributed by atoms with Crippen LogP contribution in [0.25, 0.3) is 0 Å². The number of likely N-dealkylation sites (tertiary alicyclic amines) is 1. The molecular formula is C9H17N3O2. The van der Waals surface area contributed by atoms with Gasteiger partial charge in [0.25, 0.3) is 0 Å². The first-order valence-electron chi connectivity index (χ1n) is 4.90. The zero-order chi connectivity index (χ0) is 10.6. The van der Waals surface area contributed by atoms with Gasteiger partial charge >= 0.3 is 6.03 Å². The van der Waals surface area contributed by atoms with Gasteiger partial charge in [0.05, 0.1) is 5.71 Å². The molecule has 0 aromatic heterocycles. The van der Waals surface area contributed by atoms with Crippen molar-refractivity contribution in [1.29, 1.82) is 0 Å². The number of rotatable bonds is 1. The second-order valence-corrected chi connectivity index (χ2v) is 3.45. The van der Waals surface area contributed by atoms with Gasteiger partial charge in [0, 0.05) is 32.5 Å². The lowest BCUT2D eigenvalue weighted by molar-refractivity contribution is 0.189. The van der Waals surface area contributed by atoms with E-state index in [-0.39, 0.29) is 11.9 Å². The SMILES string of the molecule is CCC1CN(C(=O)NC)CCC1=NO. The summed E-state index contributed by atoms with van der Waals surface area (Å²) in [7, 11) is 1.62. The first-order chi connectivity index (χ1) is 6.72. The van der Waals surface area contributed by atoms with E-state index in [0.717, 1.165) is 12.1 Å². The van der Waals surface area contributed by atoms with Crippen molar-refractivity contribution in [3.8, 4) is 0 Å². The second-order valence-electron chi connectivity index (χ2n) is 3.45. The van der Waals surface area contributed by atoms with Gasteiger partial charge in [0.15, 0.2) is 0 Å². The van der Waals surface area contributed by atoms with Crippen LogP contribution in [0.3, 0.4) is 0 Å². The molecule has 5 heteroatoms. The molecule has 1 saturated heterocycles. The largest absolute Gasteiger partial charge is 0.411 e. The van der Waals surface area contributed by atoms with E-state index in [1.54, 1.807) is 11.9 Å². The van der Waals surface area contributed by atoms with E-state index in [9.17, 15) is 4.79 Å².